The standard InChI is InChI=1S/C18H26N4O2.HI/c1-20-18(22-12-16-5-2-4-15(10-16)11-19)21-7-3-8-23-13-17-6-9-24-14-17;/h2,4-5,10,17H,3,6-9,12-14H2,1H3,(H2,20,21,22);1H. The Hall–Kier alpha value is -1.37. The number of nitriles is 1. The van der Waals surface area contributed by atoms with Crippen molar-refractivity contribution >= 4 is 29.9 Å². The monoisotopic (exact) mass is 458 g/mol. The largest absolute Gasteiger partial charge is 0.381 e. The predicted octanol–water partition coefficient (Wildman–Crippen LogP) is 2.28. The Labute approximate surface area is 167 Å². The van der Waals surface area contributed by atoms with E-state index < -0.39 is 0 Å². The molecule has 0 spiro atoms. The van der Waals surface area contributed by atoms with Crippen molar-refractivity contribution in [1.29, 1.82) is 5.26 Å². The van der Waals surface area contributed by atoms with Gasteiger partial charge in [-0.3, -0.25) is 4.99 Å². The second kappa shape index (κ2) is 12.9. The van der Waals surface area contributed by atoms with Crippen LogP contribution >= 0.6 is 24.0 Å². The Kier molecular flexibility index (Phi) is 11.2. The lowest BCUT2D eigenvalue weighted by molar-refractivity contribution is 0.0888. The average Bonchev–Trinajstić information content (AvgIpc) is 3.14. The minimum atomic E-state index is 0. The van der Waals surface area contributed by atoms with Crippen LogP contribution in [-0.4, -0.2) is 46.0 Å². The van der Waals surface area contributed by atoms with Crippen molar-refractivity contribution in [2.75, 3.05) is 40.0 Å². The number of hydrogen-bond donors (Lipinski definition) is 2. The highest BCUT2D eigenvalue weighted by molar-refractivity contribution is 14.0. The zero-order valence-electron chi connectivity index (χ0n) is 14.7. The number of nitrogens with zero attached hydrogens (tertiary/aromatic N) is 2. The maximum atomic E-state index is 8.92. The molecule has 1 aromatic carbocycles. The summed E-state index contributed by atoms with van der Waals surface area (Å²) in [6, 6.07) is 9.70. The van der Waals surface area contributed by atoms with Gasteiger partial charge in [-0.2, -0.15) is 5.26 Å². The van der Waals surface area contributed by atoms with Crippen LogP contribution in [0.5, 0.6) is 0 Å². The first-order valence-electron chi connectivity index (χ1n) is 8.41. The summed E-state index contributed by atoms with van der Waals surface area (Å²) in [5, 5.41) is 15.4. The smallest absolute Gasteiger partial charge is 0.191 e. The fraction of sp³-hybridized carbons (Fsp3) is 0.556. The van der Waals surface area contributed by atoms with E-state index in [1.165, 1.54) is 0 Å². The van der Waals surface area contributed by atoms with E-state index in [4.69, 9.17) is 14.7 Å². The quantitative estimate of drug-likeness (QED) is 0.271. The Morgan fingerprint density at radius 1 is 1.44 bits per heavy atom. The van der Waals surface area contributed by atoms with Gasteiger partial charge in [0.25, 0.3) is 0 Å². The number of ether oxygens (including phenoxy) is 2. The van der Waals surface area contributed by atoms with Crippen molar-refractivity contribution in [3.05, 3.63) is 35.4 Å². The van der Waals surface area contributed by atoms with Gasteiger partial charge in [0.05, 0.1) is 24.8 Å². The highest BCUT2D eigenvalue weighted by atomic mass is 127. The summed E-state index contributed by atoms with van der Waals surface area (Å²) in [6.45, 7) is 4.68. The minimum Gasteiger partial charge on any atom is -0.381 e. The molecule has 1 unspecified atom stereocenters. The van der Waals surface area contributed by atoms with Crippen LogP contribution in [0.1, 0.15) is 24.0 Å². The van der Waals surface area contributed by atoms with Crippen molar-refractivity contribution < 1.29 is 9.47 Å². The third-order valence-electron chi connectivity index (χ3n) is 3.88. The van der Waals surface area contributed by atoms with Crippen LogP contribution in [0.3, 0.4) is 0 Å². The molecule has 1 atom stereocenters. The second-order valence-electron chi connectivity index (χ2n) is 5.82. The summed E-state index contributed by atoms with van der Waals surface area (Å²) >= 11 is 0. The topological polar surface area (TPSA) is 78.7 Å². The third-order valence-corrected chi connectivity index (χ3v) is 3.88. The van der Waals surface area contributed by atoms with E-state index in [0.717, 1.165) is 57.3 Å². The summed E-state index contributed by atoms with van der Waals surface area (Å²) in [6.07, 6.45) is 2.04. The van der Waals surface area contributed by atoms with Crippen LogP contribution in [0, 0.1) is 17.2 Å². The van der Waals surface area contributed by atoms with E-state index in [9.17, 15) is 0 Å². The average molecular weight is 458 g/mol. The molecule has 0 bridgehead atoms. The first-order valence-corrected chi connectivity index (χ1v) is 8.41. The Balaban J connectivity index is 0.00000312. The summed E-state index contributed by atoms with van der Waals surface area (Å²) in [4.78, 5) is 4.20. The van der Waals surface area contributed by atoms with E-state index >= 15 is 0 Å². The van der Waals surface area contributed by atoms with Gasteiger partial charge in [0.15, 0.2) is 5.96 Å². The fourth-order valence-electron chi connectivity index (χ4n) is 2.50. The number of nitrogens with one attached hydrogen (secondary N) is 2. The highest BCUT2D eigenvalue weighted by Gasteiger charge is 2.15. The zero-order valence-corrected chi connectivity index (χ0v) is 17.0. The van der Waals surface area contributed by atoms with Gasteiger partial charge >= 0.3 is 0 Å². The molecule has 1 aliphatic heterocycles. The summed E-state index contributed by atoms with van der Waals surface area (Å²) in [5.74, 6) is 1.32. The van der Waals surface area contributed by atoms with Crippen LogP contribution in [0.2, 0.25) is 0 Å². The number of rotatable bonds is 8. The lowest BCUT2D eigenvalue weighted by Gasteiger charge is -2.13. The van der Waals surface area contributed by atoms with Gasteiger partial charge in [0.2, 0.25) is 0 Å². The highest BCUT2D eigenvalue weighted by Crippen LogP contribution is 2.12. The van der Waals surface area contributed by atoms with Gasteiger partial charge in [-0.05, 0) is 30.5 Å². The molecule has 1 aromatic rings. The van der Waals surface area contributed by atoms with Gasteiger partial charge in [-0.1, -0.05) is 12.1 Å². The molecule has 0 radical (unpaired) electrons. The van der Waals surface area contributed by atoms with Gasteiger partial charge in [0.1, 0.15) is 0 Å². The second-order valence-corrected chi connectivity index (χ2v) is 5.82. The van der Waals surface area contributed by atoms with E-state index in [1.54, 1.807) is 13.1 Å². The number of halogens is 1. The molecule has 0 amide bonds. The van der Waals surface area contributed by atoms with Crippen molar-refractivity contribution in [2.45, 2.75) is 19.4 Å². The number of hydrogen-bond acceptors (Lipinski definition) is 4. The van der Waals surface area contributed by atoms with E-state index in [-0.39, 0.29) is 24.0 Å². The first kappa shape index (κ1) is 21.7. The molecular weight excluding hydrogens is 431 g/mol. The fourth-order valence-corrected chi connectivity index (χ4v) is 2.50. The lowest BCUT2D eigenvalue weighted by Crippen LogP contribution is -2.37. The number of benzene rings is 1. The van der Waals surface area contributed by atoms with Crippen LogP contribution in [-0.2, 0) is 16.0 Å². The predicted molar refractivity (Wildman–Crippen MR) is 109 cm³/mol. The van der Waals surface area contributed by atoms with Crippen LogP contribution in [0.15, 0.2) is 29.3 Å². The normalized spacial score (nSPS) is 16.8. The molecule has 2 rings (SSSR count). The molecule has 0 saturated carbocycles. The maximum absolute atomic E-state index is 8.92. The molecule has 1 fully saturated rings. The molecule has 0 aromatic heterocycles. The van der Waals surface area contributed by atoms with Crippen molar-refractivity contribution in [3.8, 4) is 6.07 Å². The Morgan fingerprint density at radius 2 is 2.32 bits per heavy atom. The molecule has 1 aliphatic rings. The Morgan fingerprint density at radius 3 is 3.04 bits per heavy atom. The van der Waals surface area contributed by atoms with E-state index in [0.29, 0.717) is 18.0 Å². The first-order chi connectivity index (χ1) is 11.8. The molecule has 6 nitrogen and oxygen atoms in total. The maximum Gasteiger partial charge on any atom is 0.191 e. The van der Waals surface area contributed by atoms with Crippen molar-refractivity contribution in [2.24, 2.45) is 10.9 Å². The molecule has 7 heteroatoms. The minimum absolute atomic E-state index is 0. The molecule has 1 heterocycles. The molecule has 138 valence electrons. The SMILES string of the molecule is CN=C(NCCCOCC1CCOC1)NCc1cccc(C#N)c1.I. The van der Waals surface area contributed by atoms with Gasteiger partial charge in [-0.25, -0.2) is 0 Å². The van der Waals surface area contributed by atoms with Crippen molar-refractivity contribution in [3.63, 3.8) is 0 Å². The third kappa shape index (κ3) is 8.52. The molecule has 1 saturated heterocycles. The Bertz CT molecular complexity index is 568. The van der Waals surface area contributed by atoms with E-state index in [1.807, 2.05) is 18.2 Å². The van der Waals surface area contributed by atoms with Gasteiger partial charge < -0.3 is 20.1 Å². The molecule has 2 N–H and O–H groups in total. The van der Waals surface area contributed by atoms with Crippen molar-refractivity contribution in [1.82, 2.24) is 10.6 Å². The number of aliphatic imine (C=N–C) groups is 1. The summed E-state index contributed by atoms with van der Waals surface area (Å²) in [7, 11) is 1.75. The van der Waals surface area contributed by atoms with Crippen LogP contribution < -0.4 is 10.6 Å². The number of guanidine groups is 1. The lowest BCUT2D eigenvalue weighted by atomic mass is 10.1. The van der Waals surface area contributed by atoms with Gasteiger partial charge in [-0.15, -0.1) is 24.0 Å². The molecule has 0 aliphatic carbocycles. The van der Waals surface area contributed by atoms with Gasteiger partial charge in [0, 0.05) is 39.3 Å². The van der Waals surface area contributed by atoms with E-state index in [2.05, 4.69) is 21.7 Å². The molecular formula is C18H27IN4O2. The molecule has 25 heavy (non-hydrogen) atoms. The summed E-state index contributed by atoms with van der Waals surface area (Å²) in [5.41, 5.74) is 1.72. The zero-order chi connectivity index (χ0) is 17.0. The summed E-state index contributed by atoms with van der Waals surface area (Å²) < 4.78 is 11.0. The van der Waals surface area contributed by atoms with Crippen LogP contribution in [0.25, 0.3) is 0 Å². The van der Waals surface area contributed by atoms with Crippen LogP contribution in [0.4, 0.5) is 0 Å².